The van der Waals surface area contributed by atoms with Crippen LogP contribution in [0.3, 0.4) is 0 Å². The van der Waals surface area contributed by atoms with Crippen LogP contribution in [0, 0.1) is 6.92 Å². The fourth-order valence-corrected chi connectivity index (χ4v) is 2.81. The van der Waals surface area contributed by atoms with Gasteiger partial charge in [-0.2, -0.15) is 4.98 Å². The molecule has 3 aromatic rings. The molecule has 22 heavy (non-hydrogen) atoms. The summed E-state index contributed by atoms with van der Waals surface area (Å²) < 4.78 is 1.63. The van der Waals surface area contributed by atoms with Gasteiger partial charge in [0.05, 0.1) is 16.6 Å². The Kier molecular flexibility index (Phi) is 2.76. The molecule has 1 fully saturated rings. The summed E-state index contributed by atoms with van der Waals surface area (Å²) in [6, 6.07) is 9.75. The smallest absolute Gasteiger partial charge is 0.354 e. The van der Waals surface area contributed by atoms with Crippen LogP contribution in [0.25, 0.3) is 16.6 Å². The Hall–Kier alpha value is -2.69. The number of nitrogens with two attached hydrogens (primary N) is 1. The third kappa shape index (κ3) is 1.97. The van der Waals surface area contributed by atoms with Crippen LogP contribution < -0.4 is 11.4 Å². The van der Waals surface area contributed by atoms with Gasteiger partial charge >= 0.3 is 5.69 Å². The summed E-state index contributed by atoms with van der Waals surface area (Å²) in [5.41, 5.74) is 9.22. The van der Waals surface area contributed by atoms with Gasteiger partial charge in [-0.1, -0.05) is 18.2 Å². The molecule has 0 radical (unpaired) electrons. The predicted molar refractivity (Wildman–Crippen MR) is 86.3 cm³/mol. The van der Waals surface area contributed by atoms with E-state index in [1.54, 1.807) is 10.8 Å². The van der Waals surface area contributed by atoms with Gasteiger partial charge in [0.25, 0.3) is 0 Å². The van der Waals surface area contributed by atoms with E-state index < -0.39 is 0 Å². The Morgan fingerprint density at radius 3 is 2.77 bits per heavy atom. The molecule has 0 amide bonds. The molecule has 1 aliphatic rings. The molecule has 5 nitrogen and oxygen atoms in total. The van der Waals surface area contributed by atoms with E-state index in [2.05, 4.69) is 9.97 Å². The molecule has 1 aliphatic carbocycles. The second kappa shape index (κ2) is 4.66. The molecule has 110 valence electrons. The van der Waals surface area contributed by atoms with Crippen molar-refractivity contribution < 1.29 is 0 Å². The summed E-state index contributed by atoms with van der Waals surface area (Å²) in [5, 5.41) is 0.715. The van der Waals surface area contributed by atoms with Crippen molar-refractivity contribution in [1.82, 2.24) is 14.5 Å². The van der Waals surface area contributed by atoms with Gasteiger partial charge in [-0.25, -0.2) is 4.79 Å². The van der Waals surface area contributed by atoms with Gasteiger partial charge in [0.15, 0.2) is 0 Å². The Balaban J connectivity index is 2.10. The number of rotatable bonds is 2. The highest BCUT2D eigenvalue weighted by molar-refractivity contribution is 5.89. The minimum absolute atomic E-state index is 0.236. The minimum atomic E-state index is -0.354. The summed E-state index contributed by atoms with van der Waals surface area (Å²) in [5.74, 6) is 0.749. The lowest BCUT2D eigenvalue weighted by atomic mass is 10.1. The van der Waals surface area contributed by atoms with Crippen LogP contribution in [0.1, 0.15) is 30.0 Å². The van der Waals surface area contributed by atoms with E-state index >= 15 is 0 Å². The van der Waals surface area contributed by atoms with Crippen molar-refractivity contribution in [2.24, 2.45) is 0 Å². The number of hydrogen-bond acceptors (Lipinski definition) is 4. The predicted octanol–water partition coefficient (Wildman–Crippen LogP) is 2.55. The highest BCUT2D eigenvalue weighted by Gasteiger charge is 2.26. The number of pyridine rings is 1. The summed E-state index contributed by atoms with van der Waals surface area (Å²) in [6.07, 6.45) is 4.06. The fourth-order valence-electron chi connectivity index (χ4n) is 2.81. The monoisotopic (exact) mass is 292 g/mol. The number of nitrogen functional groups attached to an aromatic ring is 1. The summed E-state index contributed by atoms with van der Waals surface area (Å²) >= 11 is 0. The number of benzene rings is 1. The van der Waals surface area contributed by atoms with Crippen LogP contribution in [0.4, 0.5) is 5.82 Å². The Labute approximate surface area is 127 Å². The average molecular weight is 292 g/mol. The van der Waals surface area contributed by atoms with Crippen LogP contribution in [0.15, 0.2) is 41.3 Å². The number of anilines is 1. The van der Waals surface area contributed by atoms with E-state index in [4.69, 9.17) is 5.73 Å². The first-order chi connectivity index (χ1) is 10.6. The molecule has 0 aliphatic heterocycles. The molecule has 0 spiro atoms. The van der Waals surface area contributed by atoms with Gasteiger partial charge in [0, 0.05) is 17.8 Å². The summed E-state index contributed by atoms with van der Waals surface area (Å²) in [6.45, 7) is 1.98. The molecule has 0 saturated heterocycles. The van der Waals surface area contributed by atoms with Gasteiger partial charge in [0.2, 0.25) is 0 Å². The molecule has 2 N–H and O–H groups in total. The summed E-state index contributed by atoms with van der Waals surface area (Å²) in [4.78, 5) is 20.9. The number of fused-ring (bicyclic) bond motifs is 1. The van der Waals surface area contributed by atoms with Crippen molar-refractivity contribution in [1.29, 1.82) is 0 Å². The molecule has 2 heterocycles. The van der Waals surface area contributed by atoms with Gasteiger partial charge in [-0.05, 0) is 37.5 Å². The van der Waals surface area contributed by atoms with Crippen LogP contribution in [-0.2, 0) is 0 Å². The Morgan fingerprint density at radius 1 is 1.27 bits per heavy atom. The van der Waals surface area contributed by atoms with Crippen molar-refractivity contribution in [2.45, 2.75) is 25.7 Å². The first-order valence-electron chi connectivity index (χ1n) is 7.39. The molecular formula is C17H16N4O. The Bertz CT molecular complexity index is 941. The second-order valence-corrected chi connectivity index (χ2v) is 5.80. The van der Waals surface area contributed by atoms with E-state index in [-0.39, 0.29) is 11.5 Å². The first-order valence-corrected chi connectivity index (χ1v) is 7.39. The molecule has 1 aromatic carbocycles. The van der Waals surface area contributed by atoms with Gasteiger partial charge in [0.1, 0.15) is 5.82 Å². The SMILES string of the molecule is Cc1ccccc1-n1c(=O)nc(N)c2cnc(C3CC3)cc21. The molecule has 0 atom stereocenters. The lowest BCUT2D eigenvalue weighted by molar-refractivity contribution is 0.943. The van der Waals surface area contributed by atoms with Crippen molar-refractivity contribution >= 4 is 16.7 Å². The van der Waals surface area contributed by atoms with E-state index in [0.29, 0.717) is 11.3 Å². The van der Waals surface area contributed by atoms with Gasteiger partial charge in [-0.3, -0.25) is 9.55 Å². The zero-order valence-corrected chi connectivity index (χ0v) is 12.3. The van der Waals surface area contributed by atoms with E-state index in [1.807, 2.05) is 37.3 Å². The molecule has 1 saturated carbocycles. The van der Waals surface area contributed by atoms with E-state index in [1.165, 1.54) is 0 Å². The molecule has 0 unspecified atom stereocenters. The number of hydrogen-bond donors (Lipinski definition) is 1. The number of aryl methyl sites for hydroxylation is 1. The Morgan fingerprint density at radius 2 is 2.05 bits per heavy atom. The highest BCUT2D eigenvalue weighted by atomic mass is 16.1. The van der Waals surface area contributed by atoms with Crippen molar-refractivity contribution in [3.05, 3.63) is 58.3 Å². The van der Waals surface area contributed by atoms with Crippen molar-refractivity contribution in [3.63, 3.8) is 0 Å². The molecule has 4 rings (SSSR count). The topological polar surface area (TPSA) is 73.8 Å². The van der Waals surface area contributed by atoms with E-state index in [0.717, 1.165) is 35.3 Å². The van der Waals surface area contributed by atoms with Crippen LogP contribution >= 0.6 is 0 Å². The zero-order chi connectivity index (χ0) is 15.3. The van der Waals surface area contributed by atoms with Crippen LogP contribution in [0.5, 0.6) is 0 Å². The molecule has 5 heteroatoms. The zero-order valence-electron chi connectivity index (χ0n) is 12.3. The maximum Gasteiger partial charge on any atom is 0.354 e. The normalized spacial score (nSPS) is 14.4. The lowest BCUT2D eigenvalue weighted by Crippen LogP contribution is -2.24. The lowest BCUT2D eigenvalue weighted by Gasteiger charge is -2.13. The maximum absolute atomic E-state index is 12.5. The second-order valence-electron chi connectivity index (χ2n) is 5.80. The fraction of sp³-hybridized carbons (Fsp3) is 0.235. The molecule has 0 bridgehead atoms. The number of para-hydroxylation sites is 1. The summed E-state index contributed by atoms with van der Waals surface area (Å²) in [7, 11) is 0. The van der Waals surface area contributed by atoms with Gasteiger partial charge in [-0.15, -0.1) is 0 Å². The molecule has 2 aromatic heterocycles. The largest absolute Gasteiger partial charge is 0.383 e. The minimum Gasteiger partial charge on any atom is -0.383 e. The maximum atomic E-state index is 12.5. The quantitative estimate of drug-likeness (QED) is 0.787. The third-order valence-electron chi connectivity index (χ3n) is 4.18. The average Bonchev–Trinajstić information content (AvgIpc) is 3.33. The standard InChI is InChI=1S/C17H16N4O/c1-10-4-2-3-5-14(10)21-15-8-13(11-6-7-11)19-9-12(15)16(18)20-17(21)22/h2-5,8-9,11H,6-7H2,1H3,(H2,18,20,22). The third-order valence-corrected chi connectivity index (χ3v) is 4.18. The number of aromatic nitrogens is 3. The van der Waals surface area contributed by atoms with Crippen LogP contribution in [-0.4, -0.2) is 14.5 Å². The highest BCUT2D eigenvalue weighted by Crippen LogP contribution is 2.39. The molecular weight excluding hydrogens is 276 g/mol. The van der Waals surface area contributed by atoms with Crippen molar-refractivity contribution in [3.8, 4) is 5.69 Å². The number of nitrogens with zero attached hydrogens (tertiary/aromatic N) is 3. The van der Waals surface area contributed by atoms with E-state index in [9.17, 15) is 4.79 Å². The van der Waals surface area contributed by atoms with Crippen LogP contribution in [0.2, 0.25) is 0 Å². The first kappa shape index (κ1) is 13.0. The van der Waals surface area contributed by atoms with Crippen molar-refractivity contribution in [2.75, 3.05) is 5.73 Å². The van der Waals surface area contributed by atoms with Gasteiger partial charge < -0.3 is 5.73 Å².